The Labute approximate surface area is 146 Å². The number of hydrogen-bond acceptors (Lipinski definition) is 3. The van der Waals surface area contributed by atoms with E-state index in [0.717, 1.165) is 24.2 Å². The van der Waals surface area contributed by atoms with Gasteiger partial charge in [-0.2, -0.15) is 11.8 Å². The maximum absolute atomic E-state index is 12.4. The first-order chi connectivity index (χ1) is 11.7. The third-order valence-corrected chi connectivity index (χ3v) is 4.42. The number of thioether (sulfide) groups is 1. The van der Waals surface area contributed by atoms with Crippen LogP contribution in [-0.2, 0) is 5.75 Å². The highest BCUT2D eigenvalue weighted by Crippen LogP contribution is 2.20. The van der Waals surface area contributed by atoms with Gasteiger partial charge in [0.2, 0.25) is 0 Å². The highest BCUT2D eigenvalue weighted by Gasteiger charge is 2.23. The Morgan fingerprint density at radius 1 is 1.04 bits per heavy atom. The summed E-state index contributed by atoms with van der Waals surface area (Å²) in [5.41, 5.74) is 2.93. The van der Waals surface area contributed by atoms with E-state index in [-0.39, 0.29) is 11.8 Å². The van der Waals surface area contributed by atoms with Gasteiger partial charge >= 0.3 is 0 Å². The normalized spacial score (nSPS) is 13.4. The van der Waals surface area contributed by atoms with Gasteiger partial charge in [-0.05, 0) is 55.0 Å². The molecule has 5 heteroatoms. The van der Waals surface area contributed by atoms with E-state index < -0.39 is 0 Å². The molecule has 0 heterocycles. The number of amides is 2. The zero-order valence-corrected chi connectivity index (χ0v) is 14.4. The first-order valence-corrected chi connectivity index (χ1v) is 9.35. The lowest BCUT2D eigenvalue weighted by atomic mass is 10.1. The molecule has 0 unspecified atom stereocenters. The number of carbonyl (C=O) groups is 2. The Morgan fingerprint density at radius 3 is 2.46 bits per heavy atom. The fourth-order valence-electron chi connectivity index (χ4n) is 2.41. The Kier molecular flexibility index (Phi) is 5.20. The van der Waals surface area contributed by atoms with E-state index in [1.165, 1.54) is 0 Å². The molecule has 1 saturated carbocycles. The first-order valence-electron chi connectivity index (χ1n) is 7.96. The van der Waals surface area contributed by atoms with Crippen molar-refractivity contribution in [2.75, 3.05) is 11.6 Å². The number of benzene rings is 2. The molecule has 3 rings (SSSR count). The molecule has 0 bridgehead atoms. The van der Waals surface area contributed by atoms with E-state index in [1.807, 2.05) is 24.5 Å². The van der Waals surface area contributed by atoms with Crippen LogP contribution in [0.2, 0.25) is 0 Å². The molecule has 0 atom stereocenters. The standard InChI is InChI=1S/C19H20N2O2S/c1-24-12-13-4-2-5-14(10-13)18(22)21-17-7-3-6-15(11-17)19(23)20-16-8-9-16/h2-7,10-11,16H,8-9,12H2,1H3,(H,20,23)(H,21,22). The Bertz CT molecular complexity index is 757. The van der Waals surface area contributed by atoms with Crippen molar-refractivity contribution in [1.82, 2.24) is 5.32 Å². The fourth-order valence-corrected chi connectivity index (χ4v) is 2.92. The summed E-state index contributed by atoms with van der Waals surface area (Å²) < 4.78 is 0. The predicted molar refractivity (Wildman–Crippen MR) is 98.5 cm³/mol. The summed E-state index contributed by atoms with van der Waals surface area (Å²) in [6.07, 6.45) is 4.13. The fraction of sp³-hybridized carbons (Fsp3) is 0.263. The second-order valence-electron chi connectivity index (χ2n) is 5.92. The van der Waals surface area contributed by atoms with Crippen molar-refractivity contribution in [3.63, 3.8) is 0 Å². The number of hydrogen-bond donors (Lipinski definition) is 2. The van der Waals surface area contributed by atoms with Crippen LogP contribution in [-0.4, -0.2) is 24.1 Å². The minimum absolute atomic E-state index is 0.0874. The van der Waals surface area contributed by atoms with E-state index >= 15 is 0 Å². The van der Waals surface area contributed by atoms with Crippen molar-refractivity contribution in [2.24, 2.45) is 0 Å². The van der Waals surface area contributed by atoms with E-state index in [4.69, 9.17) is 0 Å². The molecule has 1 aliphatic rings. The molecule has 0 radical (unpaired) electrons. The zero-order valence-electron chi connectivity index (χ0n) is 13.5. The third kappa shape index (κ3) is 4.38. The van der Waals surface area contributed by atoms with Crippen LogP contribution in [0.4, 0.5) is 5.69 Å². The molecule has 0 aromatic heterocycles. The average Bonchev–Trinajstić information content (AvgIpc) is 3.39. The van der Waals surface area contributed by atoms with Gasteiger partial charge in [0, 0.05) is 28.6 Å². The van der Waals surface area contributed by atoms with Crippen LogP contribution < -0.4 is 10.6 Å². The van der Waals surface area contributed by atoms with Gasteiger partial charge < -0.3 is 10.6 Å². The van der Waals surface area contributed by atoms with Gasteiger partial charge in [-0.15, -0.1) is 0 Å². The van der Waals surface area contributed by atoms with Crippen molar-refractivity contribution in [3.8, 4) is 0 Å². The molecule has 0 saturated heterocycles. The lowest BCUT2D eigenvalue weighted by Gasteiger charge is -2.09. The van der Waals surface area contributed by atoms with Gasteiger partial charge in [0.1, 0.15) is 0 Å². The van der Waals surface area contributed by atoms with E-state index in [2.05, 4.69) is 10.6 Å². The molecule has 4 nitrogen and oxygen atoms in total. The monoisotopic (exact) mass is 340 g/mol. The zero-order chi connectivity index (χ0) is 16.9. The van der Waals surface area contributed by atoms with Gasteiger partial charge in [-0.3, -0.25) is 9.59 Å². The Hall–Kier alpha value is -2.27. The van der Waals surface area contributed by atoms with Gasteiger partial charge in [0.15, 0.2) is 0 Å². The van der Waals surface area contributed by atoms with Gasteiger partial charge in [-0.1, -0.05) is 18.2 Å². The van der Waals surface area contributed by atoms with E-state index in [9.17, 15) is 9.59 Å². The first kappa shape index (κ1) is 16.6. The van der Waals surface area contributed by atoms with Crippen molar-refractivity contribution in [1.29, 1.82) is 0 Å². The highest BCUT2D eigenvalue weighted by atomic mass is 32.2. The molecular weight excluding hydrogens is 320 g/mol. The highest BCUT2D eigenvalue weighted by molar-refractivity contribution is 7.97. The van der Waals surface area contributed by atoms with Crippen molar-refractivity contribution >= 4 is 29.3 Å². The van der Waals surface area contributed by atoms with E-state index in [0.29, 0.717) is 22.9 Å². The number of anilines is 1. The van der Waals surface area contributed by atoms with Crippen LogP contribution in [0, 0.1) is 0 Å². The molecule has 1 aliphatic carbocycles. The van der Waals surface area contributed by atoms with Crippen LogP contribution in [0.25, 0.3) is 0 Å². The lowest BCUT2D eigenvalue weighted by Crippen LogP contribution is -2.25. The predicted octanol–water partition coefficient (Wildman–Crippen LogP) is 3.69. The van der Waals surface area contributed by atoms with Gasteiger partial charge in [0.25, 0.3) is 11.8 Å². The number of carbonyl (C=O) groups excluding carboxylic acids is 2. The van der Waals surface area contributed by atoms with Gasteiger partial charge in [0.05, 0.1) is 0 Å². The molecule has 2 N–H and O–H groups in total. The van der Waals surface area contributed by atoms with Crippen molar-refractivity contribution in [2.45, 2.75) is 24.6 Å². The summed E-state index contributed by atoms with van der Waals surface area (Å²) >= 11 is 1.72. The molecular formula is C19H20N2O2S. The number of nitrogens with one attached hydrogen (secondary N) is 2. The minimum Gasteiger partial charge on any atom is -0.349 e. The maximum atomic E-state index is 12.4. The summed E-state index contributed by atoms with van der Waals surface area (Å²) in [7, 11) is 0. The van der Waals surface area contributed by atoms with Crippen LogP contribution in [0.3, 0.4) is 0 Å². The molecule has 0 spiro atoms. The molecule has 0 aliphatic heterocycles. The van der Waals surface area contributed by atoms with Crippen LogP contribution in [0.1, 0.15) is 39.1 Å². The molecule has 2 aromatic rings. The largest absolute Gasteiger partial charge is 0.349 e. The molecule has 2 amide bonds. The van der Waals surface area contributed by atoms with Crippen LogP contribution in [0.15, 0.2) is 48.5 Å². The second-order valence-corrected chi connectivity index (χ2v) is 6.78. The molecule has 2 aromatic carbocycles. The lowest BCUT2D eigenvalue weighted by molar-refractivity contribution is 0.0949. The summed E-state index contributed by atoms with van der Waals surface area (Å²) in [6, 6.07) is 14.9. The molecule has 124 valence electrons. The van der Waals surface area contributed by atoms with Crippen molar-refractivity contribution in [3.05, 3.63) is 65.2 Å². The molecule has 24 heavy (non-hydrogen) atoms. The van der Waals surface area contributed by atoms with Crippen LogP contribution in [0.5, 0.6) is 0 Å². The smallest absolute Gasteiger partial charge is 0.255 e. The number of rotatable bonds is 6. The summed E-state index contributed by atoms with van der Waals surface area (Å²) in [5.74, 6) is 0.617. The second kappa shape index (κ2) is 7.53. The van der Waals surface area contributed by atoms with Crippen LogP contribution >= 0.6 is 11.8 Å². The summed E-state index contributed by atoms with van der Waals surface area (Å²) in [5, 5.41) is 5.82. The molecule has 1 fully saturated rings. The Morgan fingerprint density at radius 2 is 1.75 bits per heavy atom. The maximum Gasteiger partial charge on any atom is 0.255 e. The van der Waals surface area contributed by atoms with Gasteiger partial charge in [-0.25, -0.2) is 0 Å². The topological polar surface area (TPSA) is 58.2 Å². The quantitative estimate of drug-likeness (QED) is 0.843. The van der Waals surface area contributed by atoms with E-state index in [1.54, 1.807) is 42.1 Å². The average molecular weight is 340 g/mol. The summed E-state index contributed by atoms with van der Waals surface area (Å²) in [6.45, 7) is 0. The van der Waals surface area contributed by atoms with Crippen molar-refractivity contribution < 1.29 is 9.59 Å². The summed E-state index contributed by atoms with van der Waals surface area (Å²) in [4.78, 5) is 24.5. The Balaban J connectivity index is 1.69. The third-order valence-electron chi connectivity index (χ3n) is 3.80. The minimum atomic E-state index is -0.169. The SMILES string of the molecule is CSCc1cccc(C(=O)Nc2cccc(C(=O)NC3CC3)c2)c1.